The molecule has 2 rings (SSSR count). The number of guanidine groups is 1. The van der Waals surface area contributed by atoms with Crippen molar-refractivity contribution in [2.45, 2.75) is 33.1 Å². The largest absolute Gasteiger partial charge is 0.382 e. The van der Waals surface area contributed by atoms with Crippen molar-refractivity contribution < 1.29 is 4.74 Å². The van der Waals surface area contributed by atoms with Gasteiger partial charge in [0.25, 0.3) is 0 Å². The highest BCUT2D eigenvalue weighted by Gasteiger charge is 2.16. The minimum Gasteiger partial charge on any atom is -0.382 e. The average Bonchev–Trinajstić information content (AvgIpc) is 2.74. The van der Waals surface area contributed by atoms with Gasteiger partial charge in [-0.25, -0.2) is 0 Å². The van der Waals surface area contributed by atoms with Gasteiger partial charge in [0.2, 0.25) is 0 Å². The van der Waals surface area contributed by atoms with Crippen molar-refractivity contribution in [1.82, 2.24) is 15.5 Å². The van der Waals surface area contributed by atoms with Crippen LogP contribution in [0.4, 0.5) is 5.69 Å². The molecule has 1 heterocycles. The first-order chi connectivity index (χ1) is 13.8. The zero-order chi connectivity index (χ0) is 19.9. The molecule has 6 heteroatoms. The van der Waals surface area contributed by atoms with E-state index in [2.05, 4.69) is 57.7 Å². The molecule has 28 heavy (non-hydrogen) atoms. The molecule has 1 aromatic rings. The number of para-hydroxylation sites is 1. The van der Waals surface area contributed by atoms with E-state index in [1.807, 2.05) is 6.92 Å². The number of nitrogens with one attached hydrogen (secondary N) is 2. The summed E-state index contributed by atoms with van der Waals surface area (Å²) < 4.78 is 5.38. The predicted octanol–water partition coefficient (Wildman–Crippen LogP) is 2.57. The summed E-state index contributed by atoms with van der Waals surface area (Å²) in [6.45, 7) is 14.1. The van der Waals surface area contributed by atoms with Crippen molar-refractivity contribution in [1.29, 1.82) is 0 Å². The maximum atomic E-state index is 5.38. The number of benzene rings is 1. The number of anilines is 1. The Labute approximate surface area is 171 Å². The molecule has 0 aromatic heterocycles. The second-order valence-corrected chi connectivity index (χ2v) is 7.11. The number of hydrogen-bond acceptors (Lipinski definition) is 4. The summed E-state index contributed by atoms with van der Waals surface area (Å²) in [6, 6.07) is 10.7. The van der Waals surface area contributed by atoms with Crippen LogP contribution in [-0.4, -0.2) is 76.4 Å². The Balaban J connectivity index is 1.59. The van der Waals surface area contributed by atoms with Gasteiger partial charge in [-0.2, -0.15) is 0 Å². The van der Waals surface area contributed by atoms with E-state index in [-0.39, 0.29) is 0 Å². The van der Waals surface area contributed by atoms with Crippen LogP contribution in [0.3, 0.4) is 0 Å². The van der Waals surface area contributed by atoms with Gasteiger partial charge in [0.1, 0.15) is 0 Å². The smallest absolute Gasteiger partial charge is 0.191 e. The number of unbranched alkanes of at least 4 members (excludes halogenated alkanes) is 1. The van der Waals surface area contributed by atoms with Gasteiger partial charge in [-0.1, -0.05) is 18.2 Å². The first-order valence-corrected chi connectivity index (χ1v) is 11.0. The summed E-state index contributed by atoms with van der Waals surface area (Å²) in [5.41, 5.74) is 1.34. The van der Waals surface area contributed by atoms with Crippen molar-refractivity contribution in [3.63, 3.8) is 0 Å². The number of hydrogen-bond donors (Lipinski definition) is 2. The Morgan fingerprint density at radius 1 is 1.00 bits per heavy atom. The molecule has 158 valence electrons. The molecule has 1 fully saturated rings. The van der Waals surface area contributed by atoms with E-state index < -0.39 is 0 Å². The van der Waals surface area contributed by atoms with Gasteiger partial charge in [0, 0.05) is 71.3 Å². The summed E-state index contributed by atoms with van der Waals surface area (Å²) >= 11 is 0. The lowest BCUT2D eigenvalue weighted by Gasteiger charge is -2.36. The fraction of sp³-hybridized carbons (Fsp3) is 0.682. The fourth-order valence-corrected chi connectivity index (χ4v) is 3.38. The zero-order valence-corrected chi connectivity index (χ0v) is 17.8. The molecule has 0 unspecified atom stereocenters. The van der Waals surface area contributed by atoms with Crippen molar-refractivity contribution in [2.75, 3.05) is 70.5 Å². The zero-order valence-electron chi connectivity index (χ0n) is 17.8. The second-order valence-electron chi connectivity index (χ2n) is 7.11. The molecule has 2 N–H and O–H groups in total. The van der Waals surface area contributed by atoms with Gasteiger partial charge >= 0.3 is 0 Å². The van der Waals surface area contributed by atoms with Gasteiger partial charge in [-0.3, -0.25) is 9.89 Å². The molecule has 1 saturated heterocycles. The van der Waals surface area contributed by atoms with Gasteiger partial charge < -0.3 is 20.3 Å². The predicted molar refractivity (Wildman–Crippen MR) is 119 cm³/mol. The van der Waals surface area contributed by atoms with Crippen molar-refractivity contribution in [2.24, 2.45) is 4.99 Å². The van der Waals surface area contributed by atoms with E-state index in [1.54, 1.807) is 0 Å². The normalized spacial score (nSPS) is 15.6. The maximum Gasteiger partial charge on any atom is 0.191 e. The molecule has 0 aliphatic carbocycles. The molecule has 1 aliphatic heterocycles. The third kappa shape index (κ3) is 8.93. The van der Waals surface area contributed by atoms with Crippen LogP contribution in [0.1, 0.15) is 33.1 Å². The van der Waals surface area contributed by atoms with E-state index >= 15 is 0 Å². The molecule has 1 aliphatic rings. The van der Waals surface area contributed by atoms with E-state index in [4.69, 9.17) is 9.73 Å². The molecule has 0 radical (unpaired) electrons. The summed E-state index contributed by atoms with van der Waals surface area (Å²) in [4.78, 5) is 9.76. The van der Waals surface area contributed by atoms with Gasteiger partial charge in [-0.15, -0.1) is 0 Å². The molecular weight excluding hydrogens is 350 g/mol. The molecule has 0 amide bonds. The van der Waals surface area contributed by atoms with Crippen LogP contribution in [0.5, 0.6) is 0 Å². The quantitative estimate of drug-likeness (QED) is 0.327. The number of piperazine rings is 1. The van der Waals surface area contributed by atoms with E-state index in [9.17, 15) is 0 Å². The molecule has 0 saturated carbocycles. The van der Waals surface area contributed by atoms with Crippen LogP contribution in [0.15, 0.2) is 35.3 Å². The van der Waals surface area contributed by atoms with Crippen LogP contribution in [0, 0.1) is 0 Å². The lowest BCUT2D eigenvalue weighted by Crippen LogP contribution is -2.46. The number of nitrogens with zero attached hydrogens (tertiary/aromatic N) is 3. The topological polar surface area (TPSA) is 52.1 Å². The second kappa shape index (κ2) is 14.2. The summed E-state index contributed by atoms with van der Waals surface area (Å²) in [6.07, 6.45) is 3.30. The molecule has 0 atom stereocenters. The Kier molecular flexibility index (Phi) is 11.4. The van der Waals surface area contributed by atoms with E-state index in [0.29, 0.717) is 0 Å². The van der Waals surface area contributed by atoms with Crippen LogP contribution >= 0.6 is 0 Å². The van der Waals surface area contributed by atoms with Crippen molar-refractivity contribution in [3.05, 3.63) is 30.3 Å². The van der Waals surface area contributed by atoms with Gasteiger partial charge in [0.15, 0.2) is 5.96 Å². The minimum absolute atomic E-state index is 0.804. The maximum absolute atomic E-state index is 5.38. The van der Waals surface area contributed by atoms with Crippen molar-refractivity contribution >= 4 is 11.6 Å². The molecular formula is C22H39N5O. The summed E-state index contributed by atoms with van der Waals surface area (Å²) in [5, 5.41) is 6.76. The van der Waals surface area contributed by atoms with E-state index in [1.165, 1.54) is 5.69 Å². The first-order valence-electron chi connectivity index (χ1n) is 11.0. The third-order valence-corrected chi connectivity index (χ3v) is 4.95. The van der Waals surface area contributed by atoms with Crippen LogP contribution in [0.2, 0.25) is 0 Å². The number of aliphatic imine (C=N–C) groups is 1. The van der Waals surface area contributed by atoms with Crippen LogP contribution < -0.4 is 15.5 Å². The SMILES string of the molecule is CCNC(=NCCCN1CCN(c2ccccc2)CC1)NCCCCOCC. The fourth-order valence-electron chi connectivity index (χ4n) is 3.38. The lowest BCUT2D eigenvalue weighted by atomic mass is 10.2. The molecule has 1 aromatic carbocycles. The van der Waals surface area contributed by atoms with Gasteiger partial charge in [0.05, 0.1) is 0 Å². The third-order valence-electron chi connectivity index (χ3n) is 4.95. The van der Waals surface area contributed by atoms with E-state index in [0.717, 1.165) is 90.8 Å². The van der Waals surface area contributed by atoms with Crippen molar-refractivity contribution in [3.8, 4) is 0 Å². The Morgan fingerprint density at radius 3 is 2.50 bits per heavy atom. The average molecular weight is 390 g/mol. The minimum atomic E-state index is 0.804. The molecule has 6 nitrogen and oxygen atoms in total. The summed E-state index contributed by atoms with van der Waals surface area (Å²) in [7, 11) is 0. The highest BCUT2D eigenvalue weighted by molar-refractivity contribution is 5.79. The highest BCUT2D eigenvalue weighted by Crippen LogP contribution is 2.15. The lowest BCUT2D eigenvalue weighted by molar-refractivity contribution is 0.143. The molecule has 0 spiro atoms. The Hall–Kier alpha value is -1.79. The Bertz CT molecular complexity index is 529. The van der Waals surface area contributed by atoms with Crippen LogP contribution in [0.25, 0.3) is 0 Å². The monoisotopic (exact) mass is 389 g/mol. The summed E-state index contributed by atoms with van der Waals surface area (Å²) in [5.74, 6) is 0.938. The first kappa shape index (κ1) is 22.5. The van der Waals surface area contributed by atoms with Crippen LogP contribution in [-0.2, 0) is 4.74 Å². The standard InChI is InChI=1S/C22H39N5O/c1-3-23-22(24-13-8-9-20-28-4-2)25-14-10-15-26-16-18-27(19-17-26)21-11-6-5-7-12-21/h5-7,11-12H,3-4,8-10,13-20H2,1-2H3,(H2,23,24,25). The Morgan fingerprint density at radius 2 is 1.79 bits per heavy atom. The number of rotatable bonds is 12. The highest BCUT2D eigenvalue weighted by atomic mass is 16.5. The number of ether oxygens (including phenoxy) is 1. The molecule has 0 bridgehead atoms. The van der Waals surface area contributed by atoms with Gasteiger partial charge in [-0.05, 0) is 45.2 Å².